The van der Waals surface area contributed by atoms with E-state index in [1.54, 1.807) is 6.08 Å². The third-order valence-electron chi connectivity index (χ3n) is 2.37. The maximum absolute atomic E-state index is 3.72. The molecule has 90 valence electrons. The van der Waals surface area contributed by atoms with Crippen LogP contribution < -0.4 is 10.6 Å². The molecule has 2 N–H and O–H groups in total. The van der Waals surface area contributed by atoms with Crippen molar-refractivity contribution < 1.29 is 0 Å². The van der Waals surface area contributed by atoms with E-state index < -0.39 is 0 Å². The summed E-state index contributed by atoms with van der Waals surface area (Å²) < 4.78 is 0. The van der Waals surface area contributed by atoms with Gasteiger partial charge in [-0.05, 0) is 43.7 Å². The summed E-state index contributed by atoms with van der Waals surface area (Å²) in [7, 11) is 1.92. The Bertz CT molecular complexity index is 442. The third-order valence-corrected chi connectivity index (χ3v) is 2.37. The molecule has 0 radical (unpaired) electrons. The minimum absolute atomic E-state index is 1.02. The number of aryl methyl sites for hydroxylation is 1. The Morgan fingerprint density at radius 3 is 2.65 bits per heavy atom. The minimum atomic E-state index is 1.02. The Balaban J connectivity index is 3.00. The fourth-order valence-corrected chi connectivity index (χ4v) is 1.57. The molecule has 1 rings (SSSR count). The fourth-order valence-electron chi connectivity index (χ4n) is 1.57. The van der Waals surface area contributed by atoms with E-state index in [-0.39, 0.29) is 0 Å². The van der Waals surface area contributed by atoms with Gasteiger partial charge in [0.2, 0.25) is 0 Å². The van der Waals surface area contributed by atoms with Crippen molar-refractivity contribution in [2.75, 3.05) is 17.7 Å². The molecule has 0 aliphatic carbocycles. The fraction of sp³-hybridized carbons (Fsp3) is 0.200. The van der Waals surface area contributed by atoms with Crippen molar-refractivity contribution in [1.29, 1.82) is 0 Å². The molecule has 0 unspecified atom stereocenters. The summed E-state index contributed by atoms with van der Waals surface area (Å²) in [4.78, 5) is 0. The lowest BCUT2D eigenvalue weighted by Crippen LogP contribution is -2.01. The van der Waals surface area contributed by atoms with Crippen LogP contribution in [0.2, 0.25) is 0 Å². The largest absolute Gasteiger partial charge is 0.386 e. The normalized spacial score (nSPS) is 11.6. The van der Waals surface area contributed by atoms with Gasteiger partial charge in [0, 0.05) is 12.7 Å². The van der Waals surface area contributed by atoms with Gasteiger partial charge in [0.1, 0.15) is 0 Å². The number of nitrogens with one attached hydrogen (secondary N) is 2. The van der Waals surface area contributed by atoms with Gasteiger partial charge in [0.15, 0.2) is 0 Å². The molecule has 0 amide bonds. The molecular weight excluding hydrogens is 208 g/mol. The zero-order valence-corrected chi connectivity index (χ0v) is 10.7. The number of hydrogen-bond donors (Lipinski definition) is 2. The summed E-state index contributed by atoms with van der Waals surface area (Å²) in [6, 6.07) is 6.27. The van der Waals surface area contributed by atoms with Gasteiger partial charge in [0.05, 0.1) is 11.4 Å². The van der Waals surface area contributed by atoms with Crippen LogP contribution in [0, 0.1) is 6.92 Å². The first-order chi connectivity index (χ1) is 8.21. The van der Waals surface area contributed by atoms with Crippen LogP contribution in [0.4, 0.5) is 11.4 Å². The highest BCUT2D eigenvalue weighted by atomic mass is 14.9. The Morgan fingerprint density at radius 2 is 2.06 bits per heavy atom. The first-order valence-corrected chi connectivity index (χ1v) is 5.72. The van der Waals surface area contributed by atoms with Crippen LogP contribution in [-0.4, -0.2) is 7.05 Å². The van der Waals surface area contributed by atoms with Crippen molar-refractivity contribution in [2.24, 2.45) is 0 Å². The van der Waals surface area contributed by atoms with E-state index in [1.807, 2.05) is 32.2 Å². The Hall–Kier alpha value is -1.96. The standard InChI is InChI=1S/C15H20N2/c1-5-7-13(8-6-2)17-14-10-9-12(3)11-15(14)16-4/h5-11,16-17H,1H2,2-4H3/b8-6-,13-7+. The maximum atomic E-state index is 3.72. The zero-order chi connectivity index (χ0) is 12.7. The Labute approximate surface area is 104 Å². The van der Waals surface area contributed by atoms with Crippen molar-refractivity contribution in [3.8, 4) is 0 Å². The maximum Gasteiger partial charge on any atom is 0.0620 e. The van der Waals surface area contributed by atoms with Gasteiger partial charge < -0.3 is 10.6 Å². The molecule has 0 atom stereocenters. The monoisotopic (exact) mass is 228 g/mol. The van der Waals surface area contributed by atoms with Crippen molar-refractivity contribution in [3.63, 3.8) is 0 Å². The second-order valence-electron chi connectivity index (χ2n) is 3.78. The molecule has 17 heavy (non-hydrogen) atoms. The summed E-state index contributed by atoms with van der Waals surface area (Å²) in [6.07, 6.45) is 7.73. The highest BCUT2D eigenvalue weighted by Gasteiger charge is 2.01. The highest BCUT2D eigenvalue weighted by molar-refractivity contribution is 5.72. The Kier molecular flexibility index (Phi) is 5.08. The third kappa shape index (κ3) is 3.83. The second kappa shape index (κ2) is 6.59. The molecule has 1 aromatic rings. The molecule has 0 saturated carbocycles. The molecular formula is C15H20N2. The second-order valence-corrected chi connectivity index (χ2v) is 3.78. The summed E-state index contributed by atoms with van der Waals surface area (Å²) >= 11 is 0. The number of hydrogen-bond acceptors (Lipinski definition) is 2. The van der Waals surface area contributed by atoms with E-state index in [0.29, 0.717) is 0 Å². The van der Waals surface area contributed by atoms with Gasteiger partial charge >= 0.3 is 0 Å². The Morgan fingerprint density at radius 1 is 1.29 bits per heavy atom. The SMILES string of the molecule is C=C/C=C(\C=C/C)Nc1ccc(C)cc1NC. The van der Waals surface area contributed by atoms with Crippen molar-refractivity contribution in [1.82, 2.24) is 0 Å². The lowest BCUT2D eigenvalue weighted by atomic mass is 10.2. The molecule has 0 spiro atoms. The molecule has 0 aliphatic heterocycles. The number of rotatable bonds is 5. The first-order valence-electron chi connectivity index (χ1n) is 5.72. The van der Waals surface area contributed by atoms with E-state index in [9.17, 15) is 0 Å². The van der Waals surface area contributed by atoms with Crippen LogP contribution in [0.3, 0.4) is 0 Å². The molecule has 2 heteroatoms. The van der Waals surface area contributed by atoms with Crippen LogP contribution in [0.5, 0.6) is 0 Å². The lowest BCUT2D eigenvalue weighted by Gasteiger charge is -2.13. The first kappa shape index (κ1) is 13.1. The average Bonchev–Trinajstić information content (AvgIpc) is 2.32. The minimum Gasteiger partial charge on any atom is -0.386 e. The van der Waals surface area contributed by atoms with E-state index in [0.717, 1.165) is 17.1 Å². The molecule has 0 aromatic heterocycles. The molecule has 0 fully saturated rings. The van der Waals surface area contributed by atoms with Crippen molar-refractivity contribution in [3.05, 3.63) is 60.3 Å². The summed E-state index contributed by atoms with van der Waals surface area (Å²) in [5, 5.41) is 6.55. The number of allylic oxidation sites excluding steroid dienone is 4. The van der Waals surface area contributed by atoms with Crippen molar-refractivity contribution >= 4 is 11.4 Å². The molecule has 0 heterocycles. The van der Waals surface area contributed by atoms with E-state index >= 15 is 0 Å². The summed E-state index contributed by atoms with van der Waals surface area (Å²) in [5.74, 6) is 0. The van der Waals surface area contributed by atoms with Gasteiger partial charge in [-0.1, -0.05) is 24.8 Å². The quantitative estimate of drug-likeness (QED) is 0.742. The smallest absolute Gasteiger partial charge is 0.0620 e. The van der Waals surface area contributed by atoms with Gasteiger partial charge in [-0.25, -0.2) is 0 Å². The summed E-state index contributed by atoms with van der Waals surface area (Å²) in [6.45, 7) is 7.79. The van der Waals surface area contributed by atoms with Gasteiger partial charge in [-0.2, -0.15) is 0 Å². The van der Waals surface area contributed by atoms with Gasteiger partial charge in [-0.15, -0.1) is 0 Å². The van der Waals surface area contributed by atoms with Crippen LogP contribution in [-0.2, 0) is 0 Å². The van der Waals surface area contributed by atoms with Crippen molar-refractivity contribution in [2.45, 2.75) is 13.8 Å². The molecule has 0 aliphatic rings. The number of benzene rings is 1. The lowest BCUT2D eigenvalue weighted by molar-refractivity contribution is 1.39. The predicted molar refractivity (Wildman–Crippen MR) is 77.4 cm³/mol. The van der Waals surface area contributed by atoms with E-state index in [2.05, 4.69) is 42.3 Å². The van der Waals surface area contributed by atoms with Crippen LogP contribution in [0.1, 0.15) is 12.5 Å². The molecule has 2 nitrogen and oxygen atoms in total. The van der Waals surface area contributed by atoms with Gasteiger partial charge in [-0.3, -0.25) is 0 Å². The molecule has 1 aromatic carbocycles. The van der Waals surface area contributed by atoms with E-state index in [1.165, 1.54) is 5.56 Å². The van der Waals surface area contributed by atoms with E-state index in [4.69, 9.17) is 0 Å². The molecule has 0 bridgehead atoms. The van der Waals surface area contributed by atoms with Crippen LogP contribution >= 0.6 is 0 Å². The molecule has 0 saturated heterocycles. The zero-order valence-electron chi connectivity index (χ0n) is 10.7. The highest BCUT2D eigenvalue weighted by Crippen LogP contribution is 2.24. The number of anilines is 2. The average molecular weight is 228 g/mol. The predicted octanol–water partition coefficient (Wildman–Crippen LogP) is 4.09. The van der Waals surface area contributed by atoms with Crippen LogP contribution in [0.25, 0.3) is 0 Å². The topological polar surface area (TPSA) is 24.1 Å². The summed E-state index contributed by atoms with van der Waals surface area (Å²) in [5.41, 5.74) is 4.40. The van der Waals surface area contributed by atoms with Gasteiger partial charge in [0.25, 0.3) is 0 Å². The van der Waals surface area contributed by atoms with Crippen LogP contribution in [0.15, 0.2) is 54.8 Å².